The van der Waals surface area contributed by atoms with Crippen LogP contribution in [0.4, 0.5) is 10.1 Å². The van der Waals surface area contributed by atoms with E-state index in [2.05, 4.69) is 25.8 Å². The van der Waals surface area contributed by atoms with Crippen molar-refractivity contribution in [3.05, 3.63) is 65.9 Å². The van der Waals surface area contributed by atoms with Gasteiger partial charge in [0.15, 0.2) is 5.82 Å². The van der Waals surface area contributed by atoms with Crippen LogP contribution in [0.25, 0.3) is 16.6 Å². The number of aliphatic hydroxyl groups is 1. The Bertz CT molecular complexity index is 1040. The highest BCUT2D eigenvalue weighted by Gasteiger charge is 2.26. The number of H-pyrrole nitrogens is 1. The lowest BCUT2D eigenvalue weighted by Crippen LogP contribution is -2.50. The number of nitrogens with one attached hydrogen (secondary N) is 1. The molecule has 1 atom stereocenters. The number of nitrogens with zero attached hydrogens (tertiary/aromatic N) is 4. The average Bonchev–Trinajstić information content (AvgIpc) is 3.18. The molecule has 4 rings (SSSR count). The Morgan fingerprint density at radius 2 is 1.83 bits per heavy atom. The summed E-state index contributed by atoms with van der Waals surface area (Å²) in [6.07, 6.45) is 0. The summed E-state index contributed by atoms with van der Waals surface area (Å²) in [4.78, 5) is 11.9. The maximum atomic E-state index is 13.1. The minimum absolute atomic E-state index is 0.0155. The maximum Gasteiger partial charge on any atom is 0.152 e. The fourth-order valence-corrected chi connectivity index (χ4v) is 3.70. The van der Waals surface area contributed by atoms with E-state index in [1.807, 2.05) is 31.2 Å². The predicted octanol–water partition coefficient (Wildman–Crippen LogP) is 3.71. The van der Waals surface area contributed by atoms with Crippen LogP contribution in [0.5, 0.6) is 0 Å². The van der Waals surface area contributed by atoms with Gasteiger partial charge in [0.2, 0.25) is 0 Å². The maximum absolute atomic E-state index is 13.1. The van der Waals surface area contributed by atoms with Gasteiger partial charge >= 0.3 is 0 Å². The van der Waals surface area contributed by atoms with Crippen molar-refractivity contribution in [1.82, 2.24) is 14.9 Å². The minimum Gasteiger partial charge on any atom is -0.509 e. The number of allylic oxidation sites excluding steroid dienone is 1. The van der Waals surface area contributed by atoms with E-state index < -0.39 is 0 Å². The Hall–Kier alpha value is -3.37. The Morgan fingerprint density at radius 1 is 1.14 bits per heavy atom. The first-order chi connectivity index (χ1) is 14.1. The molecular weight excluding hydrogens is 369 g/mol. The number of hydrogen-bond acceptors (Lipinski definition) is 5. The van der Waals surface area contributed by atoms with Gasteiger partial charge < -0.3 is 15.0 Å². The first-order valence-electron chi connectivity index (χ1n) is 9.59. The SMILES string of the molecule is C[C@@H](/C(O)=C(\C#N)c1nc2ccccc2[nH]1)N1CCN(c2ccc(F)cc2)CC1. The lowest BCUT2D eigenvalue weighted by Gasteiger charge is -2.39. The molecule has 0 bridgehead atoms. The van der Waals surface area contributed by atoms with Crippen LogP contribution >= 0.6 is 0 Å². The number of halogens is 1. The van der Waals surface area contributed by atoms with E-state index in [0.29, 0.717) is 5.82 Å². The molecule has 2 N–H and O–H groups in total. The van der Waals surface area contributed by atoms with Gasteiger partial charge in [-0.05, 0) is 43.3 Å². The van der Waals surface area contributed by atoms with E-state index in [1.165, 1.54) is 12.1 Å². The first-order valence-corrected chi connectivity index (χ1v) is 9.59. The van der Waals surface area contributed by atoms with Gasteiger partial charge in [-0.25, -0.2) is 9.37 Å². The van der Waals surface area contributed by atoms with Gasteiger partial charge in [-0.1, -0.05) is 12.1 Å². The first kappa shape index (κ1) is 19.0. The molecule has 2 aromatic carbocycles. The van der Waals surface area contributed by atoms with Crippen molar-refractivity contribution in [2.45, 2.75) is 13.0 Å². The predicted molar refractivity (Wildman–Crippen MR) is 111 cm³/mol. The quantitative estimate of drug-likeness (QED) is 0.524. The molecule has 148 valence electrons. The van der Waals surface area contributed by atoms with Gasteiger partial charge in [0.05, 0.1) is 17.1 Å². The van der Waals surface area contributed by atoms with Gasteiger partial charge in [-0.3, -0.25) is 4.90 Å². The zero-order valence-electron chi connectivity index (χ0n) is 16.1. The molecule has 2 heterocycles. The normalized spacial score (nSPS) is 17.1. The number of hydrogen-bond donors (Lipinski definition) is 2. The van der Waals surface area contributed by atoms with Crippen molar-refractivity contribution in [1.29, 1.82) is 5.26 Å². The lowest BCUT2D eigenvalue weighted by atomic mass is 10.1. The van der Waals surface area contributed by atoms with Crippen LogP contribution in [0.3, 0.4) is 0 Å². The van der Waals surface area contributed by atoms with Crippen LogP contribution in [-0.2, 0) is 0 Å². The summed E-state index contributed by atoms with van der Waals surface area (Å²) in [5, 5.41) is 20.5. The molecule has 0 amide bonds. The Kier molecular flexibility index (Phi) is 5.19. The third-order valence-electron chi connectivity index (χ3n) is 5.44. The summed E-state index contributed by atoms with van der Waals surface area (Å²) in [6.45, 7) is 4.86. The minimum atomic E-state index is -0.312. The van der Waals surface area contributed by atoms with E-state index >= 15 is 0 Å². The molecule has 1 aromatic heterocycles. The molecule has 1 aliphatic heterocycles. The van der Waals surface area contributed by atoms with E-state index in [0.717, 1.165) is 42.9 Å². The van der Waals surface area contributed by atoms with Crippen LogP contribution < -0.4 is 4.90 Å². The molecule has 1 aliphatic rings. The zero-order chi connectivity index (χ0) is 20.4. The number of piperazine rings is 1. The van der Waals surface area contributed by atoms with Crippen LogP contribution in [-0.4, -0.2) is 52.2 Å². The molecule has 7 heteroatoms. The molecule has 0 unspecified atom stereocenters. The Balaban J connectivity index is 1.50. The average molecular weight is 391 g/mol. The molecule has 1 saturated heterocycles. The monoisotopic (exact) mass is 391 g/mol. The number of fused-ring (bicyclic) bond motifs is 1. The third-order valence-corrected chi connectivity index (χ3v) is 5.44. The fraction of sp³-hybridized carbons (Fsp3) is 0.273. The molecular formula is C22H22FN5O. The number of aromatic nitrogens is 2. The summed E-state index contributed by atoms with van der Waals surface area (Å²) in [5.74, 6) is 0.149. The highest BCUT2D eigenvalue weighted by Crippen LogP contribution is 2.24. The van der Waals surface area contributed by atoms with E-state index in [9.17, 15) is 14.8 Å². The summed E-state index contributed by atoms with van der Waals surface area (Å²) in [6, 6.07) is 15.8. The Labute approximate surface area is 168 Å². The van der Waals surface area contributed by atoms with E-state index in [1.54, 1.807) is 12.1 Å². The van der Waals surface area contributed by atoms with Gasteiger partial charge in [0, 0.05) is 31.9 Å². The lowest BCUT2D eigenvalue weighted by molar-refractivity contribution is 0.178. The van der Waals surface area contributed by atoms with Crippen molar-refractivity contribution >= 4 is 22.3 Å². The van der Waals surface area contributed by atoms with Crippen molar-refractivity contribution in [2.24, 2.45) is 0 Å². The largest absolute Gasteiger partial charge is 0.509 e. The number of aromatic amines is 1. The van der Waals surface area contributed by atoms with E-state index in [4.69, 9.17) is 0 Å². The highest BCUT2D eigenvalue weighted by atomic mass is 19.1. The van der Waals surface area contributed by atoms with Gasteiger partial charge in [0.25, 0.3) is 0 Å². The standard InChI is InChI=1S/C22H22FN5O/c1-15(27-10-12-28(13-11-27)17-8-6-16(23)7-9-17)21(29)18(14-24)22-25-19-4-2-3-5-20(19)26-22/h2-9,15,29H,10-13H2,1H3,(H,25,26)/b21-18-/t15-/m0/s1. The second kappa shape index (κ2) is 7.94. The summed E-state index contributed by atoms with van der Waals surface area (Å²) in [5.41, 5.74) is 2.72. The molecule has 1 fully saturated rings. The number of rotatable bonds is 4. The van der Waals surface area contributed by atoms with Crippen molar-refractivity contribution in [3.63, 3.8) is 0 Å². The summed E-state index contributed by atoms with van der Waals surface area (Å²) in [7, 11) is 0. The summed E-state index contributed by atoms with van der Waals surface area (Å²) < 4.78 is 13.1. The van der Waals surface area contributed by atoms with Crippen LogP contribution in [0, 0.1) is 17.1 Å². The second-order valence-electron chi connectivity index (χ2n) is 7.15. The third kappa shape index (κ3) is 3.80. The molecule has 0 aliphatic carbocycles. The highest BCUT2D eigenvalue weighted by molar-refractivity contribution is 5.83. The molecule has 0 spiro atoms. The molecule has 29 heavy (non-hydrogen) atoms. The van der Waals surface area contributed by atoms with Gasteiger partial charge in [0.1, 0.15) is 23.2 Å². The fourth-order valence-electron chi connectivity index (χ4n) is 3.70. The van der Waals surface area contributed by atoms with Crippen molar-refractivity contribution in [2.75, 3.05) is 31.1 Å². The molecule has 6 nitrogen and oxygen atoms in total. The number of nitriles is 1. The summed E-state index contributed by atoms with van der Waals surface area (Å²) >= 11 is 0. The van der Waals surface area contributed by atoms with Crippen LogP contribution in [0.1, 0.15) is 12.7 Å². The van der Waals surface area contributed by atoms with Crippen molar-refractivity contribution < 1.29 is 9.50 Å². The molecule has 0 radical (unpaired) electrons. The zero-order valence-corrected chi connectivity index (χ0v) is 16.1. The Morgan fingerprint density at radius 3 is 2.48 bits per heavy atom. The van der Waals surface area contributed by atoms with Gasteiger partial charge in [-0.15, -0.1) is 0 Å². The van der Waals surface area contributed by atoms with Crippen molar-refractivity contribution in [3.8, 4) is 6.07 Å². The smallest absolute Gasteiger partial charge is 0.152 e. The molecule has 0 saturated carbocycles. The topological polar surface area (TPSA) is 79.2 Å². The number of imidazole rings is 1. The van der Waals surface area contributed by atoms with Crippen LogP contribution in [0.2, 0.25) is 0 Å². The number of benzene rings is 2. The van der Waals surface area contributed by atoms with Gasteiger partial charge in [-0.2, -0.15) is 5.26 Å². The van der Waals surface area contributed by atoms with E-state index in [-0.39, 0.29) is 23.2 Å². The van der Waals surface area contributed by atoms with Crippen LogP contribution in [0.15, 0.2) is 54.3 Å². The second-order valence-corrected chi connectivity index (χ2v) is 7.15. The number of aliphatic hydroxyl groups excluding tert-OH is 1. The number of para-hydroxylation sites is 2. The number of anilines is 1. The molecule has 3 aromatic rings.